The van der Waals surface area contributed by atoms with Crippen LogP contribution in [0.2, 0.25) is 0 Å². The second-order valence-electron chi connectivity index (χ2n) is 15.4. The van der Waals surface area contributed by atoms with Gasteiger partial charge in [-0.15, -0.1) is 0 Å². The number of aliphatic hydroxyl groups excluding tert-OH is 2. The fourth-order valence-electron chi connectivity index (χ4n) is 6.93. The molecule has 2 atom stereocenters. The average Bonchev–Trinajstić information content (AvgIpc) is 3.11. The number of nitrogens with one attached hydrogen (secondary N) is 1. The maximum absolute atomic E-state index is 12.4. The van der Waals surface area contributed by atoms with Crippen LogP contribution in [0.25, 0.3) is 0 Å². The van der Waals surface area contributed by atoms with Crippen LogP contribution in [-0.2, 0) is 14.3 Å². The van der Waals surface area contributed by atoms with Crippen LogP contribution in [0.3, 0.4) is 0 Å². The van der Waals surface area contributed by atoms with Crippen LogP contribution in [0.1, 0.15) is 245 Å². The van der Waals surface area contributed by atoms with E-state index in [0.29, 0.717) is 25.9 Å². The van der Waals surface area contributed by atoms with Gasteiger partial charge in [0.05, 0.1) is 25.4 Å². The van der Waals surface area contributed by atoms with Gasteiger partial charge < -0.3 is 20.3 Å². The van der Waals surface area contributed by atoms with Gasteiger partial charge in [-0.05, 0) is 25.7 Å². The van der Waals surface area contributed by atoms with E-state index in [4.69, 9.17) is 4.74 Å². The minimum absolute atomic E-state index is 0.0141. The Balaban J connectivity index is 3.47. The normalized spacial score (nSPS) is 12.6. The third-order valence-electron chi connectivity index (χ3n) is 10.4. The Labute approximate surface area is 311 Å². The van der Waals surface area contributed by atoms with Gasteiger partial charge in [0.1, 0.15) is 0 Å². The van der Waals surface area contributed by atoms with Gasteiger partial charge in [-0.2, -0.15) is 0 Å². The lowest BCUT2D eigenvalue weighted by molar-refractivity contribution is -0.143. The van der Waals surface area contributed by atoms with Crippen molar-refractivity contribution in [2.75, 3.05) is 13.2 Å². The van der Waals surface area contributed by atoms with Crippen molar-refractivity contribution < 1.29 is 24.5 Å². The van der Waals surface area contributed by atoms with Crippen LogP contribution in [0.4, 0.5) is 0 Å². The van der Waals surface area contributed by atoms with E-state index in [1.807, 2.05) is 0 Å². The highest BCUT2D eigenvalue weighted by molar-refractivity contribution is 5.76. The van der Waals surface area contributed by atoms with Crippen molar-refractivity contribution in [1.29, 1.82) is 0 Å². The second-order valence-corrected chi connectivity index (χ2v) is 15.4. The van der Waals surface area contributed by atoms with Crippen molar-refractivity contribution in [3.8, 4) is 0 Å². The Bertz CT molecular complexity index is 702. The number of hydrogen-bond acceptors (Lipinski definition) is 5. The molecule has 0 aromatic carbocycles. The van der Waals surface area contributed by atoms with Gasteiger partial charge >= 0.3 is 5.97 Å². The smallest absolute Gasteiger partial charge is 0.305 e. The van der Waals surface area contributed by atoms with Gasteiger partial charge in [-0.25, -0.2) is 0 Å². The summed E-state index contributed by atoms with van der Waals surface area (Å²) in [7, 11) is 0. The van der Waals surface area contributed by atoms with E-state index >= 15 is 0 Å². The highest BCUT2D eigenvalue weighted by Crippen LogP contribution is 2.16. The molecule has 1 amide bonds. The first-order valence-electron chi connectivity index (χ1n) is 22.3. The molecular formula is C44H87NO5. The Morgan fingerprint density at radius 3 is 1.22 bits per heavy atom. The van der Waals surface area contributed by atoms with E-state index in [9.17, 15) is 19.8 Å². The first-order valence-corrected chi connectivity index (χ1v) is 22.3. The van der Waals surface area contributed by atoms with Gasteiger partial charge in [0.25, 0.3) is 0 Å². The molecule has 0 spiro atoms. The summed E-state index contributed by atoms with van der Waals surface area (Å²) in [6, 6.07) is -0.551. The molecule has 0 saturated heterocycles. The van der Waals surface area contributed by atoms with Crippen LogP contribution in [0, 0.1) is 0 Å². The molecule has 0 aliphatic carbocycles. The predicted octanol–water partition coefficient (Wildman–Crippen LogP) is 12.5. The van der Waals surface area contributed by atoms with Crippen LogP contribution in [0.5, 0.6) is 0 Å². The number of esters is 1. The Morgan fingerprint density at radius 1 is 0.480 bits per heavy atom. The molecule has 0 aliphatic rings. The summed E-state index contributed by atoms with van der Waals surface area (Å²) in [5, 5.41) is 23.1. The van der Waals surface area contributed by atoms with Gasteiger partial charge in [-0.3, -0.25) is 9.59 Å². The topological polar surface area (TPSA) is 95.9 Å². The summed E-state index contributed by atoms with van der Waals surface area (Å²) in [4.78, 5) is 24.3. The number of amides is 1. The molecule has 6 heteroatoms. The lowest BCUT2D eigenvalue weighted by Gasteiger charge is -2.22. The molecule has 0 saturated carbocycles. The summed E-state index contributed by atoms with van der Waals surface area (Å²) in [6.45, 7) is 4.89. The fraction of sp³-hybridized carbons (Fsp3) is 0.955. The van der Waals surface area contributed by atoms with E-state index < -0.39 is 12.1 Å². The molecule has 6 nitrogen and oxygen atoms in total. The van der Waals surface area contributed by atoms with Crippen LogP contribution < -0.4 is 5.32 Å². The van der Waals surface area contributed by atoms with Gasteiger partial charge in [0, 0.05) is 12.8 Å². The third kappa shape index (κ3) is 36.6. The summed E-state index contributed by atoms with van der Waals surface area (Å²) >= 11 is 0. The molecule has 3 N–H and O–H groups in total. The summed E-state index contributed by atoms with van der Waals surface area (Å²) in [5.74, 6) is -0.0686. The lowest BCUT2D eigenvalue weighted by atomic mass is 10.0. The molecule has 0 aliphatic heterocycles. The Hall–Kier alpha value is -1.14. The van der Waals surface area contributed by atoms with Crippen LogP contribution in [-0.4, -0.2) is 47.4 Å². The zero-order chi connectivity index (χ0) is 36.6. The molecule has 50 heavy (non-hydrogen) atoms. The van der Waals surface area contributed by atoms with Crippen molar-refractivity contribution in [3.05, 3.63) is 0 Å². The third-order valence-corrected chi connectivity index (χ3v) is 10.4. The first kappa shape index (κ1) is 48.9. The highest BCUT2D eigenvalue weighted by Gasteiger charge is 2.20. The number of aliphatic hydroxyl groups is 2. The zero-order valence-electron chi connectivity index (χ0n) is 33.6. The van der Waals surface area contributed by atoms with Crippen LogP contribution in [0.15, 0.2) is 0 Å². The van der Waals surface area contributed by atoms with E-state index in [-0.39, 0.29) is 18.5 Å². The van der Waals surface area contributed by atoms with E-state index in [0.717, 1.165) is 57.8 Å². The number of ether oxygens (including phenoxy) is 1. The van der Waals surface area contributed by atoms with Crippen LogP contribution >= 0.6 is 0 Å². The minimum atomic E-state index is -0.672. The predicted molar refractivity (Wildman–Crippen MR) is 214 cm³/mol. The fourth-order valence-corrected chi connectivity index (χ4v) is 6.93. The minimum Gasteiger partial charge on any atom is -0.466 e. The number of hydrogen-bond donors (Lipinski definition) is 3. The molecular weight excluding hydrogens is 622 g/mol. The molecule has 0 heterocycles. The van der Waals surface area contributed by atoms with Crippen molar-refractivity contribution in [3.63, 3.8) is 0 Å². The largest absolute Gasteiger partial charge is 0.466 e. The summed E-state index contributed by atoms with van der Waals surface area (Å²) in [5.41, 5.74) is 0. The average molecular weight is 710 g/mol. The maximum atomic E-state index is 12.4. The number of carbonyl (C=O) groups is 2. The molecule has 2 unspecified atom stereocenters. The van der Waals surface area contributed by atoms with Gasteiger partial charge in [0.15, 0.2) is 0 Å². The summed E-state index contributed by atoms with van der Waals surface area (Å²) < 4.78 is 5.43. The second kappa shape index (κ2) is 40.6. The lowest BCUT2D eigenvalue weighted by Crippen LogP contribution is -2.45. The van der Waals surface area contributed by atoms with Crippen molar-refractivity contribution in [2.45, 2.75) is 257 Å². The Morgan fingerprint density at radius 2 is 0.820 bits per heavy atom. The van der Waals surface area contributed by atoms with Crippen molar-refractivity contribution >= 4 is 11.9 Å². The number of unbranched alkanes of at least 4 members (excludes halogenated alkanes) is 30. The van der Waals surface area contributed by atoms with E-state index in [1.54, 1.807) is 0 Å². The molecule has 0 aromatic heterocycles. The van der Waals surface area contributed by atoms with Gasteiger partial charge in [-0.1, -0.05) is 206 Å². The monoisotopic (exact) mass is 710 g/mol. The van der Waals surface area contributed by atoms with Crippen molar-refractivity contribution in [2.24, 2.45) is 0 Å². The molecule has 0 bridgehead atoms. The summed E-state index contributed by atoms with van der Waals surface area (Å²) in [6.07, 6.45) is 41.9. The molecule has 0 aromatic rings. The SMILES string of the molecule is CCCCCCCCCCCCCC(=O)OCCCCCCCCCCCCCC(=O)NC(CO)C(O)CCCCCCCCCCCCC. The van der Waals surface area contributed by atoms with E-state index in [1.165, 1.54) is 154 Å². The quantitative estimate of drug-likeness (QED) is 0.0434. The maximum Gasteiger partial charge on any atom is 0.305 e. The number of rotatable bonds is 41. The van der Waals surface area contributed by atoms with Crippen molar-refractivity contribution in [1.82, 2.24) is 5.32 Å². The van der Waals surface area contributed by atoms with E-state index in [2.05, 4.69) is 19.2 Å². The zero-order valence-corrected chi connectivity index (χ0v) is 33.6. The first-order chi connectivity index (χ1) is 24.5. The molecule has 0 radical (unpaired) electrons. The molecule has 0 fully saturated rings. The molecule has 298 valence electrons. The standard InChI is InChI=1S/C44H87NO5/c1-3-5-7-9-11-13-16-20-24-28-32-36-42(47)41(40-46)45-43(48)37-33-29-25-21-18-15-19-23-27-31-35-39-50-44(49)38-34-30-26-22-17-14-12-10-8-6-4-2/h41-42,46-47H,3-40H2,1-2H3,(H,45,48). The highest BCUT2D eigenvalue weighted by atomic mass is 16.5. The Kier molecular flexibility index (Phi) is 39.7. The molecule has 0 rings (SSSR count). The van der Waals surface area contributed by atoms with Gasteiger partial charge in [0.2, 0.25) is 5.91 Å². The number of carbonyl (C=O) groups excluding carboxylic acids is 2.